The number of ether oxygens (including phenoxy) is 1. The van der Waals surface area contributed by atoms with Crippen LogP contribution in [0.5, 0.6) is 0 Å². The summed E-state index contributed by atoms with van der Waals surface area (Å²) in [4.78, 5) is 11.5. The number of hydrogen-bond donors (Lipinski definition) is 2. The molecule has 0 aliphatic carbocycles. The Hall–Kier alpha value is -1.76. The summed E-state index contributed by atoms with van der Waals surface area (Å²) in [6, 6.07) is 1.10. The normalized spacial score (nSPS) is 10.8. The maximum absolute atomic E-state index is 13.3. The number of halogens is 3. The molecule has 0 aliphatic rings. The number of nitrogens with one attached hydrogen (secondary N) is 2. The van der Waals surface area contributed by atoms with Gasteiger partial charge in [-0.3, -0.25) is 4.79 Å². The molecule has 0 spiro atoms. The van der Waals surface area contributed by atoms with E-state index in [4.69, 9.17) is 4.74 Å². The number of carbonyl (C=O) groups excluding carboxylic acids is 1. The monoisotopic (exact) mass is 304 g/mol. The van der Waals surface area contributed by atoms with E-state index in [1.807, 2.05) is 13.8 Å². The molecule has 1 rings (SSSR count). The Morgan fingerprint density at radius 1 is 1.24 bits per heavy atom. The van der Waals surface area contributed by atoms with Gasteiger partial charge in [0, 0.05) is 25.3 Å². The van der Waals surface area contributed by atoms with Crippen molar-refractivity contribution in [3.8, 4) is 0 Å². The van der Waals surface area contributed by atoms with E-state index in [1.165, 1.54) is 0 Å². The zero-order valence-corrected chi connectivity index (χ0v) is 12.0. The minimum Gasteiger partial charge on any atom is -0.379 e. The molecule has 0 heterocycles. The molecule has 21 heavy (non-hydrogen) atoms. The van der Waals surface area contributed by atoms with Crippen LogP contribution in [0, 0.1) is 17.5 Å². The van der Waals surface area contributed by atoms with Gasteiger partial charge >= 0.3 is 0 Å². The molecule has 1 aromatic carbocycles. The zero-order valence-electron chi connectivity index (χ0n) is 12.0. The van der Waals surface area contributed by atoms with Crippen molar-refractivity contribution in [1.29, 1.82) is 0 Å². The van der Waals surface area contributed by atoms with Gasteiger partial charge in [-0.1, -0.05) is 0 Å². The second-order valence-corrected chi connectivity index (χ2v) is 4.72. The number of rotatable bonds is 8. The molecule has 0 saturated carbocycles. The lowest BCUT2D eigenvalue weighted by molar-refractivity contribution is -0.119. The number of benzene rings is 1. The van der Waals surface area contributed by atoms with Crippen molar-refractivity contribution in [2.24, 2.45) is 0 Å². The molecule has 0 radical (unpaired) electrons. The number of hydrogen-bond acceptors (Lipinski definition) is 3. The van der Waals surface area contributed by atoms with Crippen LogP contribution in [0.15, 0.2) is 12.1 Å². The van der Waals surface area contributed by atoms with E-state index in [9.17, 15) is 18.0 Å². The van der Waals surface area contributed by atoms with Gasteiger partial charge < -0.3 is 15.4 Å². The molecule has 0 atom stereocenters. The Bertz CT molecular complexity index is 458. The second-order valence-electron chi connectivity index (χ2n) is 4.72. The first-order chi connectivity index (χ1) is 9.90. The highest BCUT2D eigenvalue weighted by atomic mass is 19.1. The van der Waals surface area contributed by atoms with Crippen LogP contribution >= 0.6 is 0 Å². The molecule has 118 valence electrons. The van der Waals surface area contributed by atoms with Crippen molar-refractivity contribution >= 4 is 11.6 Å². The van der Waals surface area contributed by atoms with Crippen LogP contribution in [0.1, 0.15) is 20.3 Å². The molecule has 0 bridgehead atoms. The van der Waals surface area contributed by atoms with Crippen molar-refractivity contribution in [1.82, 2.24) is 5.32 Å². The average Bonchev–Trinajstić information content (AvgIpc) is 2.36. The molecule has 0 unspecified atom stereocenters. The molecular weight excluding hydrogens is 285 g/mol. The summed E-state index contributed by atoms with van der Waals surface area (Å²) in [5, 5.41) is 4.88. The fourth-order valence-electron chi connectivity index (χ4n) is 1.56. The molecule has 1 amide bonds. The van der Waals surface area contributed by atoms with Gasteiger partial charge in [-0.2, -0.15) is 0 Å². The molecule has 0 aliphatic heterocycles. The Morgan fingerprint density at radius 3 is 2.43 bits per heavy atom. The molecule has 4 nitrogen and oxygen atoms in total. The zero-order chi connectivity index (χ0) is 15.8. The van der Waals surface area contributed by atoms with Gasteiger partial charge in [0.05, 0.1) is 12.6 Å². The maximum atomic E-state index is 13.3. The highest BCUT2D eigenvalue weighted by molar-refractivity contribution is 5.80. The minimum absolute atomic E-state index is 0.131. The lowest BCUT2D eigenvalue weighted by Gasteiger charge is -2.10. The largest absolute Gasteiger partial charge is 0.379 e. The van der Waals surface area contributed by atoms with E-state index in [2.05, 4.69) is 10.6 Å². The third kappa shape index (κ3) is 6.48. The summed E-state index contributed by atoms with van der Waals surface area (Å²) < 4.78 is 44.6. The minimum atomic E-state index is -1.08. The van der Waals surface area contributed by atoms with Crippen LogP contribution < -0.4 is 10.6 Å². The van der Waals surface area contributed by atoms with Crippen LogP contribution in [-0.2, 0) is 9.53 Å². The number of amides is 1. The standard InChI is InChI=1S/C14H19F3N2O2/c1-9(2)21-5-3-4-18-13(20)8-19-14-11(16)6-10(15)7-12(14)17/h6-7,9,19H,3-5,8H2,1-2H3,(H,18,20). The smallest absolute Gasteiger partial charge is 0.239 e. The summed E-state index contributed by atoms with van der Waals surface area (Å²) in [6.45, 7) is 4.45. The highest BCUT2D eigenvalue weighted by Gasteiger charge is 2.12. The molecule has 0 fully saturated rings. The third-order valence-electron chi connectivity index (χ3n) is 2.53. The van der Waals surface area contributed by atoms with E-state index in [0.717, 1.165) is 0 Å². The highest BCUT2D eigenvalue weighted by Crippen LogP contribution is 2.19. The molecular formula is C14H19F3N2O2. The van der Waals surface area contributed by atoms with E-state index in [-0.39, 0.29) is 12.6 Å². The Morgan fingerprint density at radius 2 is 1.86 bits per heavy atom. The summed E-state index contributed by atoms with van der Waals surface area (Å²) in [7, 11) is 0. The lowest BCUT2D eigenvalue weighted by atomic mass is 10.2. The molecule has 7 heteroatoms. The topological polar surface area (TPSA) is 50.4 Å². The molecule has 0 aromatic heterocycles. The van der Waals surface area contributed by atoms with E-state index < -0.39 is 29.0 Å². The van der Waals surface area contributed by atoms with E-state index in [1.54, 1.807) is 0 Å². The quantitative estimate of drug-likeness (QED) is 0.725. The number of carbonyl (C=O) groups is 1. The summed E-state index contributed by atoms with van der Waals surface area (Å²) >= 11 is 0. The molecule has 1 aromatic rings. The van der Waals surface area contributed by atoms with E-state index >= 15 is 0 Å². The van der Waals surface area contributed by atoms with Crippen LogP contribution in [0.4, 0.5) is 18.9 Å². The molecule has 2 N–H and O–H groups in total. The first-order valence-corrected chi connectivity index (χ1v) is 6.67. The fourth-order valence-corrected chi connectivity index (χ4v) is 1.56. The lowest BCUT2D eigenvalue weighted by Crippen LogP contribution is -2.31. The van der Waals surface area contributed by atoms with Gasteiger partial charge in [0.15, 0.2) is 11.6 Å². The predicted octanol–water partition coefficient (Wildman–Crippen LogP) is 2.45. The van der Waals surface area contributed by atoms with Crippen molar-refractivity contribution in [2.45, 2.75) is 26.4 Å². The first-order valence-electron chi connectivity index (χ1n) is 6.67. The van der Waals surface area contributed by atoms with Gasteiger partial charge in [0.1, 0.15) is 11.5 Å². The van der Waals surface area contributed by atoms with Gasteiger partial charge in [-0.15, -0.1) is 0 Å². The third-order valence-corrected chi connectivity index (χ3v) is 2.53. The SMILES string of the molecule is CC(C)OCCCNC(=O)CNc1c(F)cc(F)cc1F. The van der Waals surface area contributed by atoms with E-state index in [0.29, 0.717) is 31.7 Å². The first kappa shape index (κ1) is 17.3. The maximum Gasteiger partial charge on any atom is 0.239 e. The van der Waals surface area contributed by atoms with Gasteiger partial charge in [-0.25, -0.2) is 13.2 Å². The van der Waals surface area contributed by atoms with Crippen LogP contribution in [0.25, 0.3) is 0 Å². The Kier molecular flexibility index (Phi) is 7.01. The van der Waals surface area contributed by atoms with Gasteiger partial charge in [-0.05, 0) is 20.3 Å². The summed E-state index contributed by atoms with van der Waals surface area (Å²) in [5.41, 5.74) is -0.519. The van der Waals surface area contributed by atoms with Crippen molar-refractivity contribution < 1.29 is 22.7 Å². The average molecular weight is 304 g/mol. The predicted molar refractivity (Wildman–Crippen MR) is 73.5 cm³/mol. The van der Waals surface area contributed by atoms with Crippen LogP contribution in [0.3, 0.4) is 0 Å². The fraction of sp³-hybridized carbons (Fsp3) is 0.500. The Labute approximate surface area is 121 Å². The molecule has 0 saturated heterocycles. The summed E-state index contributed by atoms with van der Waals surface area (Å²) in [5.74, 6) is -3.58. The van der Waals surface area contributed by atoms with Crippen LogP contribution in [-0.4, -0.2) is 31.7 Å². The second kappa shape index (κ2) is 8.51. The number of anilines is 1. The van der Waals surface area contributed by atoms with Crippen molar-refractivity contribution in [3.63, 3.8) is 0 Å². The van der Waals surface area contributed by atoms with Gasteiger partial charge in [0.25, 0.3) is 0 Å². The van der Waals surface area contributed by atoms with Crippen LogP contribution in [0.2, 0.25) is 0 Å². The summed E-state index contributed by atoms with van der Waals surface area (Å²) in [6.07, 6.45) is 0.773. The van der Waals surface area contributed by atoms with Crippen molar-refractivity contribution in [3.05, 3.63) is 29.6 Å². The Balaban J connectivity index is 2.30. The van der Waals surface area contributed by atoms with Gasteiger partial charge in [0.2, 0.25) is 5.91 Å². The van der Waals surface area contributed by atoms with Crippen molar-refractivity contribution in [2.75, 3.05) is 25.0 Å².